The highest BCUT2D eigenvalue weighted by Gasteiger charge is 2.39. The highest BCUT2D eigenvalue weighted by molar-refractivity contribution is 9.10. The van der Waals surface area contributed by atoms with Gasteiger partial charge in [-0.15, -0.1) is 0 Å². The Morgan fingerprint density at radius 3 is 2.41 bits per heavy atom. The summed E-state index contributed by atoms with van der Waals surface area (Å²) in [4.78, 5) is 20.6. The summed E-state index contributed by atoms with van der Waals surface area (Å²) in [6.07, 6.45) is -0.0951. The van der Waals surface area contributed by atoms with Crippen LogP contribution in [0, 0.1) is 5.92 Å². The Bertz CT molecular complexity index is 407. The van der Waals surface area contributed by atoms with Gasteiger partial charge in [0.25, 0.3) is 0 Å². The van der Waals surface area contributed by atoms with E-state index < -0.39 is 22.4 Å². The molecule has 0 aliphatic carbocycles. The van der Waals surface area contributed by atoms with Crippen LogP contribution in [0.4, 0.5) is 13.6 Å². The van der Waals surface area contributed by atoms with Gasteiger partial charge < -0.3 is 20.1 Å². The predicted octanol–water partition coefficient (Wildman–Crippen LogP) is 1.71. The SMILES string of the molecule is CC(C)COC(=O)N1CCC(O)(CNC(=O)C(F)(F)Br)CC1. The number of aliphatic hydroxyl groups is 1. The van der Waals surface area contributed by atoms with Gasteiger partial charge >= 0.3 is 16.8 Å². The Labute approximate surface area is 136 Å². The van der Waals surface area contributed by atoms with E-state index >= 15 is 0 Å². The van der Waals surface area contributed by atoms with Crippen molar-refractivity contribution in [3.05, 3.63) is 0 Å². The molecule has 0 saturated carbocycles. The summed E-state index contributed by atoms with van der Waals surface area (Å²) in [6.45, 7) is 4.36. The molecule has 6 nitrogen and oxygen atoms in total. The van der Waals surface area contributed by atoms with Gasteiger partial charge in [0.2, 0.25) is 0 Å². The molecule has 0 aromatic rings. The first-order chi connectivity index (χ1) is 10.0. The normalized spacial score (nSPS) is 18.2. The van der Waals surface area contributed by atoms with E-state index in [4.69, 9.17) is 4.74 Å². The minimum absolute atomic E-state index is 0.178. The van der Waals surface area contributed by atoms with Crippen molar-refractivity contribution in [1.29, 1.82) is 0 Å². The molecule has 0 spiro atoms. The molecule has 0 aromatic carbocycles. The maximum atomic E-state index is 12.7. The molecule has 2 amide bonds. The zero-order chi connectivity index (χ0) is 17.0. The molecule has 128 valence electrons. The van der Waals surface area contributed by atoms with Gasteiger partial charge in [0, 0.05) is 35.6 Å². The molecule has 2 N–H and O–H groups in total. The molecular weight excluding hydrogens is 366 g/mol. The van der Waals surface area contributed by atoms with Crippen molar-refractivity contribution in [2.45, 2.75) is 37.1 Å². The van der Waals surface area contributed by atoms with Crippen LogP contribution in [0.1, 0.15) is 26.7 Å². The van der Waals surface area contributed by atoms with Crippen LogP contribution in [-0.2, 0) is 9.53 Å². The molecule has 9 heteroatoms. The van der Waals surface area contributed by atoms with Crippen LogP contribution in [0.5, 0.6) is 0 Å². The van der Waals surface area contributed by atoms with E-state index in [9.17, 15) is 23.5 Å². The molecular formula is C13H21BrF2N2O4. The molecule has 1 rings (SSSR count). The van der Waals surface area contributed by atoms with E-state index in [1.807, 2.05) is 35.1 Å². The van der Waals surface area contributed by atoms with Crippen LogP contribution in [0.25, 0.3) is 0 Å². The largest absolute Gasteiger partial charge is 0.449 e. The number of halogens is 3. The van der Waals surface area contributed by atoms with Gasteiger partial charge in [-0.1, -0.05) is 13.8 Å². The van der Waals surface area contributed by atoms with Gasteiger partial charge in [0.15, 0.2) is 0 Å². The van der Waals surface area contributed by atoms with Crippen molar-refractivity contribution in [3.63, 3.8) is 0 Å². The molecule has 1 aliphatic rings. The Kier molecular flexibility index (Phi) is 6.54. The van der Waals surface area contributed by atoms with E-state index in [0.29, 0.717) is 6.61 Å². The van der Waals surface area contributed by atoms with Gasteiger partial charge in [-0.3, -0.25) is 4.79 Å². The van der Waals surface area contributed by atoms with E-state index in [1.165, 1.54) is 4.90 Å². The molecule has 22 heavy (non-hydrogen) atoms. The Balaban J connectivity index is 2.40. The fourth-order valence-electron chi connectivity index (χ4n) is 1.96. The summed E-state index contributed by atoms with van der Waals surface area (Å²) in [6, 6.07) is 0. The number of alkyl halides is 3. The molecule has 0 unspecified atom stereocenters. The Morgan fingerprint density at radius 1 is 1.41 bits per heavy atom. The van der Waals surface area contributed by atoms with Crippen molar-refractivity contribution in [3.8, 4) is 0 Å². The second-order valence-corrected chi connectivity index (χ2v) is 6.86. The first kappa shape index (κ1) is 19.1. The number of nitrogens with one attached hydrogen (secondary N) is 1. The minimum Gasteiger partial charge on any atom is -0.449 e. The van der Waals surface area contributed by atoms with Crippen molar-refractivity contribution in [1.82, 2.24) is 10.2 Å². The number of ether oxygens (including phenoxy) is 1. The standard InChI is InChI=1S/C13H21BrF2N2O4/c1-9(2)7-22-11(20)18-5-3-12(21,4-6-18)8-17-10(19)13(14,15)16/h9,21H,3-8H2,1-2H3,(H,17,19). The second kappa shape index (κ2) is 7.54. The first-order valence-electron chi connectivity index (χ1n) is 7.02. The fraction of sp³-hybridized carbons (Fsp3) is 0.846. The quantitative estimate of drug-likeness (QED) is 0.705. The van der Waals surface area contributed by atoms with Crippen molar-refractivity contribution in [2.24, 2.45) is 5.92 Å². The summed E-state index contributed by atoms with van der Waals surface area (Å²) >= 11 is 1.95. The number of piperidine rings is 1. The summed E-state index contributed by atoms with van der Waals surface area (Å²) in [7, 11) is 0. The summed E-state index contributed by atoms with van der Waals surface area (Å²) in [5.74, 6) is -1.27. The number of hydrogen-bond acceptors (Lipinski definition) is 4. The first-order valence-corrected chi connectivity index (χ1v) is 7.82. The third-order valence-corrected chi connectivity index (χ3v) is 3.69. The van der Waals surface area contributed by atoms with Crippen molar-refractivity contribution >= 4 is 27.9 Å². The number of rotatable bonds is 5. The zero-order valence-corrected chi connectivity index (χ0v) is 14.2. The van der Waals surface area contributed by atoms with E-state index in [2.05, 4.69) is 0 Å². The average molecular weight is 387 g/mol. The Morgan fingerprint density at radius 2 is 1.95 bits per heavy atom. The number of nitrogens with zero attached hydrogens (tertiary/aromatic N) is 1. The monoisotopic (exact) mass is 386 g/mol. The van der Waals surface area contributed by atoms with Gasteiger partial charge in [-0.25, -0.2) is 4.79 Å². The fourth-order valence-corrected chi connectivity index (χ4v) is 2.10. The van der Waals surface area contributed by atoms with Gasteiger partial charge in [-0.2, -0.15) is 8.78 Å². The van der Waals surface area contributed by atoms with Crippen molar-refractivity contribution in [2.75, 3.05) is 26.2 Å². The number of carbonyl (C=O) groups excluding carboxylic acids is 2. The van der Waals surface area contributed by atoms with Crippen molar-refractivity contribution < 1.29 is 28.2 Å². The third kappa shape index (κ3) is 6.04. The lowest BCUT2D eigenvalue weighted by atomic mass is 9.91. The average Bonchev–Trinajstić information content (AvgIpc) is 2.42. The molecule has 0 atom stereocenters. The molecule has 1 fully saturated rings. The molecule has 0 bridgehead atoms. The predicted molar refractivity (Wildman–Crippen MR) is 78.8 cm³/mol. The topological polar surface area (TPSA) is 78.9 Å². The third-order valence-electron chi connectivity index (χ3n) is 3.33. The lowest BCUT2D eigenvalue weighted by Crippen LogP contribution is -2.53. The van der Waals surface area contributed by atoms with Crippen LogP contribution in [-0.4, -0.2) is 58.7 Å². The van der Waals surface area contributed by atoms with Crippen LogP contribution in [0.3, 0.4) is 0 Å². The van der Waals surface area contributed by atoms with Gasteiger partial charge in [0.05, 0.1) is 12.2 Å². The summed E-state index contributed by atoms with van der Waals surface area (Å²) < 4.78 is 30.4. The van der Waals surface area contributed by atoms with Crippen LogP contribution >= 0.6 is 15.9 Å². The van der Waals surface area contributed by atoms with E-state index in [0.717, 1.165) is 0 Å². The van der Waals surface area contributed by atoms with E-state index in [-0.39, 0.29) is 38.4 Å². The second-order valence-electron chi connectivity index (χ2n) is 5.86. The van der Waals surface area contributed by atoms with E-state index in [1.54, 1.807) is 0 Å². The molecule has 1 heterocycles. The van der Waals surface area contributed by atoms with Crippen LogP contribution in [0.15, 0.2) is 0 Å². The summed E-state index contributed by atoms with van der Waals surface area (Å²) in [5.41, 5.74) is -1.30. The van der Waals surface area contributed by atoms with Gasteiger partial charge in [-0.05, 0) is 18.8 Å². The van der Waals surface area contributed by atoms with Crippen LogP contribution in [0.2, 0.25) is 0 Å². The number of likely N-dealkylation sites (tertiary alicyclic amines) is 1. The number of hydrogen-bond donors (Lipinski definition) is 2. The van der Waals surface area contributed by atoms with Crippen LogP contribution < -0.4 is 5.32 Å². The molecule has 0 aromatic heterocycles. The lowest BCUT2D eigenvalue weighted by Gasteiger charge is -2.37. The lowest BCUT2D eigenvalue weighted by molar-refractivity contribution is -0.136. The minimum atomic E-state index is -3.66. The molecule has 1 aliphatic heterocycles. The summed E-state index contributed by atoms with van der Waals surface area (Å²) in [5, 5.41) is 12.2. The Hall–Kier alpha value is -0.960. The maximum absolute atomic E-state index is 12.7. The number of carbonyl (C=O) groups is 2. The zero-order valence-electron chi connectivity index (χ0n) is 12.6. The smallest absolute Gasteiger partial charge is 0.409 e. The molecule has 0 radical (unpaired) electrons. The maximum Gasteiger partial charge on any atom is 0.409 e. The molecule has 1 saturated heterocycles. The van der Waals surface area contributed by atoms with Gasteiger partial charge in [0.1, 0.15) is 0 Å². The highest BCUT2D eigenvalue weighted by atomic mass is 79.9. The highest BCUT2D eigenvalue weighted by Crippen LogP contribution is 2.24. The number of amides is 2.